The van der Waals surface area contributed by atoms with Gasteiger partial charge in [-0.2, -0.15) is 0 Å². The molecule has 1 aliphatic heterocycles. The van der Waals surface area contributed by atoms with Gasteiger partial charge in [0.15, 0.2) is 6.29 Å². The number of aliphatic hydroxyl groups is 3. The molecule has 1 saturated heterocycles. The van der Waals surface area contributed by atoms with E-state index >= 15 is 0 Å². The predicted molar refractivity (Wildman–Crippen MR) is 69.0 cm³/mol. The summed E-state index contributed by atoms with van der Waals surface area (Å²) >= 11 is 0. The van der Waals surface area contributed by atoms with E-state index in [2.05, 4.69) is 0 Å². The first kappa shape index (κ1) is 17.7. The molecule has 1 aliphatic rings. The quantitative estimate of drug-likeness (QED) is 0.336. The number of hydrogen-bond donors (Lipinski definition) is 4. The summed E-state index contributed by atoms with van der Waals surface area (Å²) in [5.41, 5.74) is 5.26. The van der Waals surface area contributed by atoms with Gasteiger partial charge in [-0.3, -0.25) is 0 Å². The minimum Gasteiger partial charge on any atom is -0.394 e. The molecule has 8 heteroatoms. The number of ether oxygens (including phenoxy) is 4. The van der Waals surface area contributed by atoms with Crippen LogP contribution in [0.15, 0.2) is 0 Å². The van der Waals surface area contributed by atoms with E-state index in [0.29, 0.717) is 39.6 Å². The number of hydrogen-bond acceptors (Lipinski definition) is 8. The molecule has 1 heterocycles. The van der Waals surface area contributed by atoms with Crippen LogP contribution in [0, 0.1) is 0 Å². The molecule has 120 valence electrons. The Kier molecular flexibility index (Phi) is 9.23. The number of rotatable bonds is 10. The normalized spacial score (nSPS) is 30.6. The first-order valence-electron chi connectivity index (χ1n) is 6.78. The van der Waals surface area contributed by atoms with Gasteiger partial charge in [0.1, 0.15) is 12.2 Å². The van der Waals surface area contributed by atoms with E-state index in [-0.39, 0.29) is 13.0 Å². The molecular weight excluding hydrogens is 270 g/mol. The summed E-state index contributed by atoms with van der Waals surface area (Å²) in [6.45, 7) is 2.23. The Morgan fingerprint density at radius 2 is 1.70 bits per heavy atom. The van der Waals surface area contributed by atoms with Gasteiger partial charge in [-0.25, -0.2) is 0 Å². The smallest absolute Gasteiger partial charge is 0.160 e. The monoisotopic (exact) mass is 295 g/mol. The molecule has 0 bridgehead atoms. The van der Waals surface area contributed by atoms with Crippen LogP contribution in [-0.4, -0.2) is 86.1 Å². The van der Waals surface area contributed by atoms with Crippen LogP contribution in [0.2, 0.25) is 0 Å². The first-order valence-corrected chi connectivity index (χ1v) is 6.78. The fourth-order valence-electron chi connectivity index (χ4n) is 1.82. The molecule has 0 saturated carbocycles. The number of nitrogens with two attached hydrogens (primary N) is 1. The minimum atomic E-state index is -1.09. The lowest BCUT2D eigenvalue weighted by molar-refractivity contribution is -0.259. The summed E-state index contributed by atoms with van der Waals surface area (Å²) in [5.74, 6) is 0. The second kappa shape index (κ2) is 10.4. The fraction of sp³-hybridized carbons (Fsp3) is 1.00. The zero-order chi connectivity index (χ0) is 14.8. The Morgan fingerprint density at radius 1 is 1.05 bits per heavy atom. The lowest BCUT2D eigenvalue weighted by Crippen LogP contribution is -2.50. The van der Waals surface area contributed by atoms with Crippen LogP contribution in [0.4, 0.5) is 0 Å². The molecule has 1 rings (SSSR count). The third-order valence-electron chi connectivity index (χ3n) is 2.88. The maximum Gasteiger partial charge on any atom is 0.160 e. The molecule has 0 aromatic rings. The Bertz CT molecular complexity index is 244. The first-order chi connectivity index (χ1) is 9.69. The van der Waals surface area contributed by atoms with Crippen LogP contribution in [0.1, 0.15) is 6.42 Å². The average molecular weight is 295 g/mol. The highest BCUT2D eigenvalue weighted by molar-refractivity contribution is 4.82. The van der Waals surface area contributed by atoms with E-state index < -0.39 is 24.6 Å². The molecule has 0 aromatic carbocycles. The highest BCUT2D eigenvalue weighted by atomic mass is 16.7. The van der Waals surface area contributed by atoms with Crippen molar-refractivity contribution in [3.8, 4) is 0 Å². The molecule has 8 nitrogen and oxygen atoms in total. The van der Waals surface area contributed by atoms with Gasteiger partial charge in [-0.15, -0.1) is 0 Å². The van der Waals surface area contributed by atoms with Crippen molar-refractivity contribution in [3.63, 3.8) is 0 Å². The zero-order valence-corrected chi connectivity index (χ0v) is 11.5. The third-order valence-corrected chi connectivity index (χ3v) is 2.88. The average Bonchev–Trinajstić information content (AvgIpc) is 2.45. The molecule has 0 spiro atoms. The van der Waals surface area contributed by atoms with E-state index in [1.165, 1.54) is 0 Å². The Balaban J connectivity index is 2.04. The van der Waals surface area contributed by atoms with Gasteiger partial charge in [-0.05, 0) is 0 Å². The van der Waals surface area contributed by atoms with Crippen molar-refractivity contribution in [1.82, 2.24) is 0 Å². The maximum absolute atomic E-state index is 9.59. The fourth-order valence-corrected chi connectivity index (χ4v) is 1.82. The molecule has 5 N–H and O–H groups in total. The summed E-state index contributed by atoms with van der Waals surface area (Å²) in [6, 6.07) is 0. The van der Waals surface area contributed by atoms with Gasteiger partial charge in [0.25, 0.3) is 0 Å². The molecule has 0 aliphatic carbocycles. The molecule has 4 unspecified atom stereocenters. The van der Waals surface area contributed by atoms with Crippen LogP contribution >= 0.6 is 0 Å². The van der Waals surface area contributed by atoms with E-state index in [9.17, 15) is 10.2 Å². The van der Waals surface area contributed by atoms with E-state index in [1.807, 2.05) is 0 Å². The molecular formula is C12H25NO7. The van der Waals surface area contributed by atoms with Crippen LogP contribution in [0.25, 0.3) is 0 Å². The van der Waals surface area contributed by atoms with Crippen molar-refractivity contribution in [3.05, 3.63) is 0 Å². The summed E-state index contributed by atoms with van der Waals surface area (Å²) in [7, 11) is 0. The maximum atomic E-state index is 9.59. The SMILES string of the molecule is NCCOCCOCCOC1CC(O)C(O)C(CO)O1. The van der Waals surface area contributed by atoms with Crippen LogP contribution in [0.3, 0.4) is 0 Å². The van der Waals surface area contributed by atoms with Crippen molar-refractivity contribution >= 4 is 0 Å². The topological polar surface area (TPSA) is 124 Å². The molecule has 20 heavy (non-hydrogen) atoms. The van der Waals surface area contributed by atoms with E-state index in [4.69, 9.17) is 29.8 Å². The highest BCUT2D eigenvalue weighted by Crippen LogP contribution is 2.20. The summed E-state index contributed by atoms with van der Waals surface area (Å²) in [6.07, 6.45) is -3.36. The van der Waals surface area contributed by atoms with Gasteiger partial charge in [0, 0.05) is 13.0 Å². The van der Waals surface area contributed by atoms with E-state index in [1.54, 1.807) is 0 Å². The predicted octanol–water partition coefficient (Wildman–Crippen LogP) is -2.18. The Morgan fingerprint density at radius 3 is 2.35 bits per heavy atom. The van der Waals surface area contributed by atoms with Gasteiger partial charge >= 0.3 is 0 Å². The lowest BCUT2D eigenvalue weighted by Gasteiger charge is -2.35. The Labute approximate surface area is 118 Å². The van der Waals surface area contributed by atoms with E-state index in [0.717, 1.165) is 0 Å². The second-order valence-electron chi connectivity index (χ2n) is 4.46. The number of aliphatic hydroxyl groups excluding tert-OH is 3. The highest BCUT2D eigenvalue weighted by Gasteiger charge is 2.36. The summed E-state index contributed by atoms with van der Waals surface area (Å²) < 4.78 is 21.1. The molecule has 0 aromatic heterocycles. The van der Waals surface area contributed by atoms with Crippen molar-refractivity contribution in [1.29, 1.82) is 0 Å². The van der Waals surface area contributed by atoms with Gasteiger partial charge < -0.3 is 40.0 Å². The Hall–Kier alpha value is -0.320. The third kappa shape index (κ3) is 6.42. The molecule has 4 atom stereocenters. The molecule has 1 fully saturated rings. The second-order valence-corrected chi connectivity index (χ2v) is 4.46. The van der Waals surface area contributed by atoms with Gasteiger partial charge in [0.2, 0.25) is 0 Å². The zero-order valence-electron chi connectivity index (χ0n) is 11.5. The van der Waals surface area contributed by atoms with Gasteiger partial charge in [-0.1, -0.05) is 0 Å². The van der Waals surface area contributed by atoms with Crippen LogP contribution in [0.5, 0.6) is 0 Å². The molecule has 0 radical (unpaired) electrons. The van der Waals surface area contributed by atoms with Crippen molar-refractivity contribution in [2.75, 3.05) is 46.2 Å². The standard InChI is InChI=1S/C12H25NO7/c13-1-2-17-3-4-18-5-6-19-11-7-9(15)12(16)10(8-14)20-11/h9-12,14-16H,1-8,13H2. The van der Waals surface area contributed by atoms with Crippen molar-refractivity contribution in [2.45, 2.75) is 31.0 Å². The summed E-state index contributed by atoms with van der Waals surface area (Å²) in [5, 5.41) is 28.1. The molecule has 0 amide bonds. The summed E-state index contributed by atoms with van der Waals surface area (Å²) in [4.78, 5) is 0. The van der Waals surface area contributed by atoms with Gasteiger partial charge in [0.05, 0.1) is 45.7 Å². The largest absolute Gasteiger partial charge is 0.394 e. The van der Waals surface area contributed by atoms with Crippen molar-refractivity contribution in [2.24, 2.45) is 5.73 Å². The van der Waals surface area contributed by atoms with Crippen LogP contribution < -0.4 is 5.73 Å². The van der Waals surface area contributed by atoms with Crippen LogP contribution in [-0.2, 0) is 18.9 Å². The minimum absolute atomic E-state index is 0.164. The lowest BCUT2D eigenvalue weighted by atomic mass is 10.0. The van der Waals surface area contributed by atoms with Crippen molar-refractivity contribution < 1.29 is 34.3 Å².